The van der Waals surface area contributed by atoms with Crippen LogP contribution >= 0.6 is 11.3 Å². The summed E-state index contributed by atoms with van der Waals surface area (Å²) in [5, 5.41) is 11.9. The van der Waals surface area contributed by atoms with Gasteiger partial charge < -0.3 is 10.4 Å². The maximum absolute atomic E-state index is 12.0. The van der Waals surface area contributed by atoms with Crippen molar-refractivity contribution in [1.29, 1.82) is 0 Å². The number of carbonyl (C=O) groups excluding carboxylic acids is 1. The van der Waals surface area contributed by atoms with Gasteiger partial charge >= 0.3 is 5.97 Å². The summed E-state index contributed by atoms with van der Waals surface area (Å²) in [5.41, 5.74) is 0.897. The van der Waals surface area contributed by atoms with E-state index in [9.17, 15) is 14.7 Å². The maximum atomic E-state index is 12.0. The largest absolute Gasteiger partial charge is 0.480 e. The summed E-state index contributed by atoms with van der Waals surface area (Å²) < 4.78 is 0. The summed E-state index contributed by atoms with van der Waals surface area (Å²) in [5.74, 6) is -1.21. The van der Waals surface area contributed by atoms with Gasteiger partial charge in [0.05, 0.1) is 0 Å². The topological polar surface area (TPSA) is 66.4 Å². The van der Waals surface area contributed by atoms with Gasteiger partial charge in [0.15, 0.2) is 0 Å². The molecule has 0 bridgehead atoms. The van der Waals surface area contributed by atoms with Crippen molar-refractivity contribution in [2.45, 2.75) is 38.6 Å². The van der Waals surface area contributed by atoms with Crippen molar-refractivity contribution < 1.29 is 14.7 Å². The highest BCUT2D eigenvalue weighted by Crippen LogP contribution is 2.17. The lowest BCUT2D eigenvalue weighted by atomic mass is 10.1. The molecule has 1 aromatic carbocycles. The second-order valence-electron chi connectivity index (χ2n) is 5.51. The molecule has 1 aromatic heterocycles. The number of hydrogen-bond acceptors (Lipinski definition) is 3. The summed E-state index contributed by atoms with van der Waals surface area (Å²) in [7, 11) is 0. The molecule has 5 heteroatoms. The Morgan fingerprint density at radius 3 is 2.52 bits per heavy atom. The number of rotatable bonds is 8. The molecule has 0 unspecified atom stereocenters. The minimum atomic E-state index is -1.00. The van der Waals surface area contributed by atoms with Crippen LogP contribution in [0.15, 0.2) is 42.5 Å². The normalized spacial score (nSPS) is 11.9. The lowest BCUT2D eigenvalue weighted by molar-refractivity contribution is -0.141. The van der Waals surface area contributed by atoms with Gasteiger partial charge in [0.1, 0.15) is 6.04 Å². The number of thiophene rings is 1. The van der Waals surface area contributed by atoms with Crippen molar-refractivity contribution in [3.05, 3.63) is 57.8 Å². The zero-order valence-electron chi connectivity index (χ0n) is 13.1. The van der Waals surface area contributed by atoms with Crippen LogP contribution in [0.3, 0.4) is 0 Å². The van der Waals surface area contributed by atoms with Gasteiger partial charge in [0.25, 0.3) is 0 Å². The highest BCUT2D eigenvalue weighted by atomic mass is 32.1. The Morgan fingerprint density at radius 1 is 1.17 bits per heavy atom. The molecule has 122 valence electrons. The van der Waals surface area contributed by atoms with Crippen molar-refractivity contribution in [3.63, 3.8) is 0 Å². The first-order chi connectivity index (χ1) is 11.0. The SMILES string of the molecule is Cc1ccc(CCCC(=O)N[C@@H](Cc2ccccc2)C(=O)O)s1. The molecule has 0 aliphatic heterocycles. The van der Waals surface area contributed by atoms with E-state index in [4.69, 9.17) is 0 Å². The molecule has 2 aromatic rings. The minimum Gasteiger partial charge on any atom is -0.480 e. The summed E-state index contributed by atoms with van der Waals surface area (Å²) in [6.07, 6.45) is 2.22. The minimum absolute atomic E-state index is 0.207. The fourth-order valence-electron chi connectivity index (χ4n) is 2.36. The second-order valence-corrected chi connectivity index (χ2v) is 6.89. The first-order valence-electron chi connectivity index (χ1n) is 7.66. The number of benzene rings is 1. The number of aliphatic carboxylic acids is 1. The molecule has 4 nitrogen and oxygen atoms in total. The van der Waals surface area contributed by atoms with Gasteiger partial charge in [-0.1, -0.05) is 30.3 Å². The van der Waals surface area contributed by atoms with Gasteiger partial charge in [-0.2, -0.15) is 0 Å². The van der Waals surface area contributed by atoms with Crippen LogP contribution in [0.4, 0.5) is 0 Å². The van der Waals surface area contributed by atoms with Gasteiger partial charge in [-0.15, -0.1) is 11.3 Å². The van der Waals surface area contributed by atoms with E-state index in [0.717, 1.165) is 18.4 Å². The third kappa shape index (κ3) is 5.87. The summed E-state index contributed by atoms with van der Waals surface area (Å²) in [6.45, 7) is 2.06. The Hall–Kier alpha value is -2.14. The molecule has 1 atom stereocenters. The number of amides is 1. The highest BCUT2D eigenvalue weighted by Gasteiger charge is 2.20. The van der Waals surface area contributed by atoms with E-state index in [1.807, 2.05) is 30.3 Å². The summed E-state index contributed by atoms with van der Waals surface area (Å²) in [6, 6.07) is 12.6. The molecule has 0 saturated heterocycles. The molecule has 0 saturated carbocycles. The monoisotopic (exact) mass is 331 g/mol. The van der Waals surface area contributed by atoms with Crippen molar-refractivity contribution in [1.82, 2.24) is 5.32 Å². The van der Waals surface area contributed by atoms with Crippen LogP contribution in [0, 0.1) is 6.92 Å². The predicted octanol–water partition coefficient (Wildman–Crippen LogP) is 3.19. The van der Waals surface area contributed by atoms with E-state index in [-0.39, 0.29) is 5.91 Å². The van der Waals surface area contributed by atoms with E-state index >= 15 is 0 Å². The van der Waals surface area contributed by atoms with Crippen molar-refractivity contribution >= 4 is 23.2 Å². The first-order valence-corrected chi connectivity index (χ1v) is 8.47. The zero-order chi connectivity index (χ0) is 16.7. The number of carboxylic acid groups (broad SMARTS) is 1. The fourth-order valence-corrected chi connectivity index (χ4v) is 3.29. The quantitative estimate of drug-likeness (QED) is 0.781. The molecule has 0 radical (unpaired) electrons. The van der Waals surface area contributed by atoms with E-state index < -0.39 is 12.0 Å². The average Bonchev–Trinajstić information content (AvgIpc) is 2.93. The molecule has 2 N–H and O–H groups in total. The van der Waals surface area contributed by atoms with Crippen molar-refractivity contribution in [3.8, 4) is 0 Å². The third-order valence-electron chi connectivity index (χ3n) is 3.54. The molecule has 1 heterocycles. The smallest absolute Gasteiger partial charge is 0.326 e. The summed E-state index contributed by atoms with van der Waals surface area (Å²) >= 11 is 1.73. The Kier molecular flexibility index (Phi) is 6.35. The third-order valence-corrected chi connectivity index (χ3v) is 4.60. The number of hydrogen-bond donors (Lipinski definition) is 2. The molecule has 23 heavy (non-hydrogen) atoms. The van der Waals surface area contributed by atoms with Gasteiger partial charge in [0.2, 0.25) is 5.91 Å². The maximum Gasteiger partial charge on any atom is 0.326 e. The van der Waals surface area contributed by atoms with Crippen LogP contribution in [0.2, 0.25) is 0 Å². The van der Waals surface area contributed by atoms with Crippen LogP contribution in [0.5, 0.6) is 0 Å². The Balaban J connectivity index is 1.79. The molecule has 0 fully saturated rings. The van der Waals surface area contributed by atoms with E-state index in [2.05, 4.69) is 24.4 Å². The van der Waals surface area contributed by atoms with Crippen LogP contribution in [-0.2, 0) is 22.4 Å². The number of carbonyl (C=O) groups is 2. The molecular formula is C18H21NO3S. The molecule has 0 spiro atoms. The Bertz CT molecular complexity index is 651. The standard InChI is InChI=1S/C18H21NO3S/c1-13-10-11-15(23-13)8-5-9-17(20)19-16(18(21)22)12-14-6-3-2-4-7-14/h2-4,6-7,10-11,16H,5,8-9,12H2,1H3,(H,19,20)(H,21,22)/t16-/m0/s1. The number of nitrogens with one attached hydrogen (secondary N) is 1. The lowest BCUT2D eigenvalue weighted by Gasteiger charge is -2.14. The predicted molar refractivity (Wildman–Crippen MR) is 91.7 cm³/mol. The molecule has 0 aliphatic rings. The van der Waals surface area contributed by atoms with Crippen LogP contribution in [-0.4, -0.2) is 23.0 Å². The van der Waals surface area contributed by atoms with E-state index in [1.54, 1.807) is 11.3 Å². The van der Waals surface area contributed by atoms with Gasteiger partial charge in [0, 0.05) is 22.6 Å². The van der Waals surface area contributed by atoms with Crippen molar-refractivity contribution in [2.75, 3.05) is 0 Å². The van der Waals surface area contributed by atoms with E-state index in [1.165, 1.54) is 9.75 Å². The molecular weight excluding hydrogens is 310 g/mol. The van der Waals surface area contributed by atoms with Crippen LogP contribution in [0.25, 0.3) is 0 Å². The van der Waals surface area contributed by atoms with Crippen LogP contribution < -0.4 is 5.32 Å². The average molecular weight is 331 g/mol. The van der Waals surface area contributed by atoms with Gasteiger partial charge in [-0.25, -0.2) is 4.79 Å². The first kappa shape index (κ1) is 17.2. The molecule has 1 amide bonds. The van der Waals surface area contributed by atoms with Gasteiger partial charge in [-0.3, -0.25) is 4.79 Å². The highest BCUT2D eigenvalue weighted by molar-refractivity contribution is 7.11. The Labute approximate surface area is 140 Å². The van der Waals surface area contributed by atoms with Gasteiger partial charge in [-0.05, 0) is 37.5 Å². The fraction of sp³-hybridized carbons (Fsp3) is 0.333. The zero-order valence-corrected chi connectivity index (χ0v) is 13.9. The van der Waals surface area contributed by atoms with Crippen LogP contribution in [0.1, 0.15) is 28.2 Å². The van der Waals surface area contributed by atoms with E-state index in [0.29, 0.717) is 12.8 Å². The van der Waals surface area contributed by atoms with Crippen molar-refractivity contribution in [2.24, 2.45) is 0 Å². The second kappa shape index (κ2) is 8.48. The summed E-state index contributed by atoms with van der Waals surface area (Å²) in [4.78, 5) is 25.8. The molecule has 2 rings (SSSR count). The molecule has 0 aliphatic carbocycles. The number of carboxylic acids is 1. The number of aryl methyl sites for hydroxylation is 2. The lowest BCUT2D eigenvalue weighted by Crippen LogP contribution is -2.42. The Morgan fingerprint density at radius 2 is 1.91 bits per heavy atom.